The molecule has 164 valence electrons. The van der Waals surface area contributed by atoms with Gasteiger partial charge in [-0.15, -0.1) is 11.3 Å². The summed E-state index contributed by atoms with van der Waals surface area (Å²) in [6.07, 6.45) is 1.71. The number of benzene rings is 1. The Labute approximate surface area is 192 Å². The summed E-state index contributed by atoms with van der Waals surface area (Å²) >= 11 is 4.89. The molecule has 1 atom stereocenters. The summed E-state index contributed by atoms with van der Waals surface area (Å²) in [4.78, 5) is 24.5. The van der Waals surface area contributed by atoms with Crippen molar-refractivity contribution < 1.29 is 18.7 Å². The Kier molecular flexibility index (Phi) is 7.11. The van der Waals surface area contributed by atoms with Gasteiger partial charge >= 0.3 is 5.97 Å². The van der Waals surface area contributed by atoms with Crippen LogP contribution in [0, 0.1) is 5.82 Å². The van der Waals surface area contributed by atoms with Gasteiger partial charge in [-0.25, -0.2) is 14.2 Å². The second kappa shape index (κ2) is 9.99. The second-order valence-electron chi connectivity index (χ2n) is 7.01. The fourth-order valence-electron chi connectivity index (χ4n) is 3.55. The number of hydrogen-bond donors (Lipinski definition) is 1. The molecule has 0 bridgehead atoms. The number of carbonyl (C=O) groups excluding carboxylic acids is 1. The van der Waals surface area contributed by atoms with E-state index in [2.05, 4.69) is 31.1 Å². The molecule has 1 unspecified atom stereocenters. The van der Waals surface area contributed by atoms with Crippen molar-refractivity contribution in [2.75, 3.05) is 39.5 Å². The molecule has 0 radical (unpaired) electrons. The first-order valence-corrected chi connectivity index (χ1v) is 11.6. The molecule has 2 aromatic rings. The summed E-state index contributed by atoms with van der Waals surface area (Å²) in [6.45, 7) is 5.32. The van der Waals surface area contributed by atoms with Crippen LogP contribution in [0.15, 0.2) is 50.5 Å². The molecule has 7 nitrogen and oxygen atoms in total. The number of morpholine rings is 1. The predicted molar refractivity (Wildman–Crippen MR) is 120 cm³/mol. The van der Waals surface area contributed by atoms with Crippen LogP contribution in [0.2, 0.25) is 0 Å². The molecule has 1 saturated heterocycles. The molecule has 0 saturated carbocycles. The zero-order valence-electron chi connectivity index (χ0n) is 16.9. The van der Waals surface area contributed by atoms with E-state index in [9.17, 15) is 9.18 Å². The number of aliphatic imine (C=N–C) groups is 1. The van der Waals surface area contributed by atoms with Gasteiger partial charge in [0.2, 0.25) is 0 Å². The topological polar surface area (TPSA) is 76.0 Å². The van der Waals surface area contributed by atoms with Gasteiger partial charge in [0.1, 0.15) is 11.9 Å². The Morgan fingerprint density at radius 2 is 2.23 bits per heavy atom. The van der Waals surface area contributed by atoms with Gasteiger partial charge in [0.05, 0.1) is 25.4 Å². The smallest absolute Gasteiger partial charge is 0.338 e. The highest BCUT2D eigenvalue weighted by Gasteiger charge is 2.34. The van der Waals surface area contributed by atoms with Crippen molar-refractivity contribution in [1.29, 1.82) is 0 Å². The molecule has 2 aliphatic heterocycles. The van der Waals surface area contributed by atoms with Gasteiger partial charge in [0.25, 0.3) is 0 Å². The first-order valence-electron chi connectivity index (χ1n) is 9.96. The summed E-state index contributed by atoms with van der Waals surface area (Å²) in [5, 5.41) is 5.91. The molecule has 0 aliphatic carbocycles. The standard InChI is InChI=1S/C21H22BrFN4O3S/c1-2-30-21(28)17-16(12-27-6-8-29-9-7-27)25-19(20-24-5-10-31-20)26-18(17)14-4-3-13(23)11-15(14)22/h3-5,10-11,18H,2,6-9,12H2,1H3,(H,25,26). The van der Waals surface area contributed by atoms with Crippen LogP contribution in [0.3, 0.4) is 0 Å². The first-order chi connectivity index (χ1) is 15.1. The lowest BCUT2D eigenvalue weighted by Crippen LogP contribution is -2.43. The number of thiazole rings is 1. The number of nitrogens with zero attached hydrogens (tertiary/aromatic N) is 3. The third-order valence-corrected chi connectivity index (χ3v) is 6.47. The number of amidine groups is 1. The molecule has 1 aromatic carbocycles. The molecule has 10 heteroatoms. The molecule has 1 N–H and O–H groups in total. The second-order valence-corrected chi connectivity index (χ2v) is 8.76. The Hall–Kier alpha value is -2.14. The predicted octanol–water partition coefficient (Wildman–Crippen LogP) is 3.29. The van der Waals surface area contributed by atoms with E-state index in [4.69, 9.17) is 14.5 Å². The van der Waals surface area contributed by atoms with Gasteiger partial charge in [-0.05, 0) is 24.6 Å². The lowest BCUT2D eigenvalue weighted by molar-refractivity contribution is -0.139. The number of esters is 1. The average Bonchev–Trinajstić information content (AvgIpc) is 3.29. The van der Waals surface area contributed by atoms with Crippen molar-refractivity contribution >= 4 is 39.1 Å². The number of nitrogens with one attached hydrogen (secondary N) is 1. The number of carbonyl (C=O) groups is 1. The van der Waals surface area contributed by atoms with Crippen molar-refractivity contribution in [2.45, 2.75) is 13.0 Å². The van der Waals surface area contributed by atoms with Crippen LogP contribution in [0.25, 0.3) is 0 Å². The van der Waals surface area contributed by atoms with E-state index in [0.29, 0.717) is 51.9 Å². The number of halogens is 2. The molecular formula is C21H22BrFN4O3S. The van der Waals surface area contributed by atoms with E-state index in [1.807, 2.05) is 5.38 Å². The van der Waals surface area contributed by atoms with Crippen LogP contribution in [0.4, 0.5) is 4.39 Å². The quantitative estimate of drug-likeness (QED) is 0.603. The lowest BCUT2D eigenvalue weighted by atomic mass is 9.95. The van der Waals surface area contributed by atoms with E-state index in [1.54, 1.807) is 19.2 Å². The average molecular weight is 509 g/mol. The normalized spacial score (nSPS) is 19.7. The Bertz CT molecular complexity index is 1010. The fraction of sp³-hybridized carbons (Fsp3) is 0.381. The molecule has 4 rings (SSSR count). The van der Waals surface area contributed by atoms with Gasteiger partial charge in [-0.1, -0.05) is 22.0 Å². The van der Waals surface area contributed by atoms with Crippen LogP contribution in [0.5, 0.6) is 0 Å². The molecule has 1 aromatic heterocycles. The molecule has 0 amide bonds. The number of rotatable bonds is 6. The zero-order valence-corrected chi connectivity index (χ0v) is 19.3. The maximum absolute atomic E-state index is 13.8. The van der Waals surface area contributed by atoms with E-state index in [1.165, 1.54) is 23.5 Å². The van der Waals surface area contributed by atoms with Gasteiger partial charge in [-0.2, -0.15) is 0 Å². The third kappa shape index (κ3) is 5.03. The van der Waals surface area contributed by atoms with Gasteiger partial charge in [-0.3, -0.25) is 9.89 Å². The number of ether oxygens (including phenoxy) is 2. The van der Waals surface area contributed by atoms with Crippen LogP contribution in [-0.2, 0) is 14.3 Å². The van der Waals surface area contributed by atoms with E-state index >= 15 is 0 Å². The fourth-order valence-corrected chi connectivity index (χ4v) is 4.71. The monoisotopic (exact) mass is 508 g/mol. The Balaban J connectivity index is 1.81. The third-order valence-electron chi connectivity index (χ3n) is 5.00. The van der Waals surface area contributed by atoms with Crippen LogP contribution in [0.1, 0.15) is 23.5 Å². The minimum atomic E-state index is -0.662. The SMILES string of the molecule is CCOC(=O)C1=C(CN2CCOCC2)NC(c2nccs2)=NC1c1ccc(F)cc1Br. The van der Waals surface area contributed by atoms with E-state index in [-0.39, 0.29) is 12.4 Å². The van der Waals surface area contributed by atoms with E-state index in [0.717, 1.165) is 13.1 Å². The summed E-state index contributed by atoms with van der Waals surface area (Å²) < 4.78 is 25.2. The highest BCUT2D eigenvalue weighted by Crippen LogP contribution is 2.37. The molecule has 3 heterocycles. The molecule has 0 spiro atoms. The van der Waals surface area contributed by atoms with Crippen LogP contribution in [-0.4, -0.2) is 61.1 Å². The highest BCUT2D eigenvalue weighted by atomic mass is 79.9. The van der Waals surface area contributed by atoms with Crippen molar-refractivity contribution in [2.24, 2.45) is 4.99 Å². The Morgan fingerprint density at radius 1 is 1.42 bits per heavy atom. The lowest BCUT2D eigenvalue weighted by Gasteiger charge is -2.32. The van der Waals surface area contributed by atoms with E-state index < -0.39 is 12.0 Å². The van der Waals surface area contributed by atoms with Crippen LogP contribution >= 0.6 is 27.3 Å². The van der Waals surface area contributed by atoms with Crippen molar-refractivity contribution in [1.82, 2.24) is 15.2 Å². The highest BCUT2D eigenvalue weighted by molar-refractivity contribution is 9.10. The van der Waals surface area contributed by atoms with Crippen LogP contribution < -0.4 is 5.32 Å². The van der Waals surface area contributed by atoms with Gasteiger partial charge in [0.15, 0.2) is 10.8 Å². The molecular weight excluding hydrogens is 487 g/mol. The van der Waals surface area contributed by atoms with Gasteiger partial charge in [0, 0.05) is 41.4 Å². The van der Waals surface area contributed by atoms with Crippen molar-refractivity contribution in [3.8, 4) is 0 Å². The summed E-state index contributed by atoms with van der Waals surface area (Å²) in [6, 6.07) is 3.72. The summed E-state index contributed by atoms with van der Waals surface area (Å²) in [5.74, 6) is -0.238. The summed E-state index contributed by atoms with van der Waals surface area (Å²) in [7, 11) is 0. The molecule has 31 heavy (non-hydrogen) atoms. The van der Waals surface area contributed by atoms with Crippen molar-refractivity contribution in [3.05, 3.63) is 61.9 Å². The molecule has 2 aliphatic rings. The Morgan fingerprint density at radius 3 is 2.90 bits per heavy atom. The summed E-state index contributed by atoms with van der Waals surface area (Å²) in [5.41, 5.74) is 1.81. The van der Waals surface area contributed by atoms with Crippen molar-refractivity contribution in [3.63, 3.8) is 0 Å². The maximum Gasteiger partial charge on any atom is 0.338 e. The number of hydrogen-bond acceptors (Lipinski definition) is 8. The van der Waals surface area contributed by atoms with Gasteiger partial charge < -0.3 is 14.8 Å². The largest absolute Gasteiger partial charge is 0.463 e. The zero-order chi connectivity index (χ0) is 21.8. The minimum Gasteiger partial charge on any atom is -0.463 e. The number of aromatic nitrogens is 1. The minimum absolute atomic E-state index is 0.244. The first kappa shape index (κ1) is 22.1. The molecule has 1 fully saturated rings. The maximum atomic E-state index is 13.8.